The van der Waals surface area contributed by atoms with Crippen molar-refractivity contribution in [1.29, 1.82) is 0 Å². The van der Waals surface area contributed by atoms with Gasteiger partial charge >= 0.3 is 0 Å². The number of nitrogens with zero attached hydrogens (tertiary/aromatic N) is 3. The van der Waals surface area contributed by atoms with Crippen LogP contribution >= 0.6 is 0 Å². The van der Waals surface area contributed by atoms with Crippen molar-refractivity contribution in [2.75, 3.05) is 0 Å². The van der Waals surface area contributed by atoms with Crippen molar-refractivity contribution in [3.05, 3.63) is 34.7 Å². The van der Waals surface area contributed by atoms with E-state index in [1.807, 2.05) is 0 Å². The van der Waals surface area contributed by atoms with Gasteiger partial charge in [0.25, 0.3) is 0 Å². The van der Waals surface area contributed by atoms with Crippen molar-refractivity contribution in [2.45, 2.75) is 38.0 Å². The van der Waals surface area contributed by atoms with Gasteiger partial charge in [-0.1, -0.05) is 19.3 Å². The zero-order valence-electron chi connectivity index (χ0n) is 9.97. The number of hydrogen-bond donors (Lipinski definition) is 0. The Kier molecular flexibility index (Phi) is 2.81. The molecule has 0 N–H and O–H groups in total. The molecule has 18 heavy (non-hydrogen) atoms. The number of aromatic nitrogens is 2. The van der Waals surface area contributed by atoms with Crippen LogP contribution in [0.25, 0.3) is 5.65 Å². The molecule has 2 aromatic heterocycles. The molecule has 3 rings (SSSR count). The van der Waals surface area contributed by atoms with E-state index in [1.165, 1.54) is 23.1 Å². The van der Waals surface area contributed by atoms with E-state index in [-0.39, 0.29) is 17.6 Å². The number of hydrogen-bond acceptors (Lipinski definition) is 3. The molecule has 0 unspecified atom stereocenters. The minimum absolute atomic E-state index is 0.261. The highest BCUT2D eigenvalue weighted by molar-refractivity contribution is 5.53. The van der Waals surface area contributed by atoms with Crippen LogP contribution < -0.4 is 0 Å². The third-order valence-electron chi connectivity index (χ3n) is 3.66. The van der Waals surface area contributed by atoms with Crippen LogP contribution in [0.15, 0.2) is 23.5 Å². The van der Waals surface area contributed by atoms with Gasteiger partial charge in [-0.2, -0.15) is 0 Å². The normalized spacial score (nSPS) is 17.2. The highest BCUT2D eigenvalue weighted by Gasteiger charge is 2.24. The molecule has 1 saturated carbocycles. The molecule has 1 aliphatic carbocycles. The van der Waals surface area contributed by atoms with Crippen molar-refractivity contribution in [1.82, 2.24) is 9.38 Å². The number of fused-ring (bicyclic) bond motifs is 1. The van der Waals surface area contributed by atoms with E-state index in [0.29, 0.717) is 5.65 Å². The van der Waals surface area contributed by atoms with Gasteiger partial charge in [-0.05, 0) is 30.2 Å². The third kappa shape index (κ3) is 1.79. The van der Waals surface area contributed by atoms with E-state index in [0.717, 1.165) is 31.4 Å². The summed E-state index contributed by atoms with van der Waals surface area (Å²) in [5, 5.41) is 3.06. The fourth-order valence-corrected chi connectivity index (χ4v) is 2.77. The van der Waals surface area contributed by atoms with Crippen molar-refractivity contribution in [3.8, 4) is 0 Å². The first-order valence-corrected chi connectivity index (χ1v) is 6.30. The predicted molar refractivity (Wildman–Crippen MR) is 66.4 cm³/mol. The van der Waals surface area contributed by atoms with Crippen LogP contribution in [-0.4, -0.2) is 9.38 Å². The molecule has 0 amide bonds. The summed E-state index contributed by atoms with van der Waals surface area (Å²) in [6, 6.07) is 2.93. The molecule has 0 aliphatic heterocycles. The van der Waals surface area contributed by atoms with Crippen molar-refractivity contribution < 1.29 is 4.39 Å². The van der Waals surface area contributed by atoms with Gasteiger partial charge in [0.2, 0.25) is 5.82 Å². The molecule has 1 fully saturated rings. The van der Waals surface area contributed by atoms with Crippen molar-refractivity contribution in [3.63, 3.8) is 0 Å². The lowest BCUT2D eigenvalue weighted by molar-refractivity contribution is 0.438. The van der Waals surface area contributed by atoms with Crippen LogP contribution in [0.1, 0.15) is 43.7 Å². The Morgan fingerprint density at radius 1 is 1.28 bits per heavy atom. The van der Waals surface area contributed by atoms with Gasteiger partial charge in [-0.25, -0.2) is 9.37 Å². The number of pyridine rings is 1. The molecule has 94 valence electrons. The first-order chi connectivity index (χ1) is 8.79. The lowest BCUT2D eigenvalue weighted by Crippen LogP contribution is -2.05. The van der Waals surface area contributed by atoms with Crippen molar-refractivity contribution >= 4 is 11.5 Å². The second-order valence-corrected chi connectivity index (χ2v) is 4.82. The number of rotatable bonds is 2. The van der Waals surface area contributed by atoms with Crippen LogP contribution in [0.4, 0.5) is 10.2 Å². The number of halogens is 1. The van der Waals surface area contributed by atoms with Crippen LogP contribution in [0.5, 0.6) is 0 Å². The second-order valence-electron chi connectivity index (χ2n) is 4.82. The van der Waals surface area contributed by atoms with Crippen molar-refractivity contribution in [2.24, 2.45) is 5.18 Å². The fourth-order valence-electron chi connectivity index (χ4n) is 2.77. The monoisotopic (exact) mass is 247 g/mol. The van der Waals surface area contributed by atoms with E-state index in [2.05, 4.69) is 10.2 Å². The van der Waals surface area contributed by atoms with Gasteiger partial charge in [-0.15, -0.1) is 4.91 Å². The standard InChI is InChI=1S/C13H14FN3O/c14-10-6-7-11-15-12(9-4-2-1-3-5-9)13(16-18)17(11)8-10/h6-9H,1-5H2. The Hall–Kier alpha value is -1.78. The third-order valence-corrected chi connectivity index (χ3v) is 3.66. The zero-order valence-corrected chi connectivity index (χ0v) is 9.97. The summed E-state index contributed by atoms with van der Waals surface area (Å²) in [6.45, 7) is 0. The molecule has 0 aromatic carbocycles. The van der Waals surface area contributed by atoms with Crippen LogP contribution in [0.3, 0.4) is 0 Å². The number of imidazole rings is 1. The van der Waals surface area contributed by atoms with Crippen LogP contribution in [-0.2, 0) is 0 Å². The van der Waals surface area contributed by atoms with E-state index < -0.39 is 0 Å². The van der Waals surface area contributed by atoms with Gasteiger partial charge in [-0.3, -0.25) is 4.40 Å². The summed E-state index contributed by atoms with van der Waals surface area (Å²) in [4.78, 5) is 15.5. The smallest absolute Gasteiger partial charge is 0.205 e. The Morgan fingerprint density at radius 3 is 2.78 bits per heavy atom. The summed E-state index contributed by atoms with van der Waals surface area (Å²) >= 11 is 0. The molecule has 4 nitrogen and oxygen atoms in total. The first-order valence-electron chi connectivity index (χ1n) is 6.30. The minimum atomic E-state index is -0.389. The average molecular weight is 247 g/mol. The van der Waals surface area contributed by atoms with E-state index in [9.17, 15) is 9.30 Å². The average Bonchev–Trinajstić information content (AvgIpc) is 2.77. The summed E-state index contributed by atoms with van der Waals surface area (Å²) < 4.78 is 14.7. The topological polar surface area (TPSA) is 46.7 Å². The van der Waals surface area contributed by atoms with Gasteiger partial charge in [0.1, 0.15) is 11.5 Å². The predicted octanol–water partition coefficient (Wildman–Crippen LogP) is 3.92. The summed E-state index contributed by atoms with van der Waals surface area (Å²) in [5.74, 6) is 0.158. The molecule has 5 heteroatoms. The molecule has 2 heterocycles. The molecule has 1 aliphatic rings. The van der Waals surface area contributed by atoms with Gasteiger partial charge in [0.15, 0.2) is 0 Å². The van der Waals surface area contributed by atoms with Gasteiger partial charge in [0.05, 0.1) is 5.69 Å². The lowest BCUT2D eigenvalue weighted by Gasteiger charge is -2.19. The highest BCUT2D eigenvalue weighted by Crippen LogP contribution is 2.37. The van der Waals surface area contributed by atoms with E-state index in [1.54, 1.807) is 6.07 Å². The van der Waals surface area contributed by atoms with Crippen LogP contribution in [0.2, 0.25) is 0 Å². The Bertz CT molecular complexity index is 587. The molecule has 2 aromatic rings. The first kappa shape index (κ1) is 11.3. The Morgan fingerprint density at radius 2 is 2.06 bits per heavy atom. The zero-order chi connectivity index (χ0) is 12.5. The summed E-state index contributed by atoms with van der Waals surface area (Å²) in [7, 11) is 0. The Balaban J connectivity index is 2.13. The molecule has 0 atom stereocenters. The van der Waals surface area contributed by atoms with Crippen LogP contribution in [0, 0.1) is 10.7 Å². The molecular formula is C13H14FN3O. The highest BCUT2D eigenvalue weighted by atomic mass is 19.1. The van der Waals surface area contributed by atoms with E-state index >= 15 is 0 Å². The molecular weight excluding hydrogens is 233 g/mol. The molecule has 0 saturated heterocycles. The maximum Gasteiger partial charge on any atom is 0.205 e. The summed E-state index contributed by atoms with van der Waals surface area (Å²) in [6.07, 6.45) is 6.90. The second kappa shape index (κ2) is 4.48. The molecule has 0 spiro atoms. The maximum absolute atomic E-state index is 13.2. The Labute approximate surface area is 104 Å². The SMILES string of the molecule is O=Nc1c(C2CCCCC2)nc2ccc(F)cn12. The largest absolute Gasteiger partial charge is 0.279 e. The molecule has 0 radical (unpaired) electrons. The lowest BCUT2D eigenvalue weighted by atomic mass is 9.87. The fraction of sp³-hybridized carbons (Fsp3) is 0.462. The van der Waals surface area contributed by atoms with E-state index in [4.69, 9.17) is 0 Å². The molecule has 0 bridgehead atoms. The summed E-state index contributed by atoms with van der Waals surface area (Å²) in [5.41, 5.74) is 1.32. The van der Waals surface area contributed by atoms with Gasteiger partial charge in [0, 0.05) is 12.1 Å². The quantitative estimate of drug-likeness (QED) is 0.755. The maximum atomic E-state index is 13.2. The van der Waals surface area contributed by atoms with Gasteiger partial charge < -0.3 is 0 Å². The number of nitroso groups, excluding NO2 is 1. The minimum Gasteiger partial charge on any atom is -0.279 e.